The number of ether oxygens (including phenoxy) is 1. The lowest BCUT2D eigenvalue weighted by Gasteiger charge is -2.31. The van der Waals surface area contributed by atoms with Gasteiger partial charge in [0.2, 0.25) is 11.8 Å². The number of hydrogen-bond donors (Lipinski definition) is 2. The summed E-state index contributed by atoms with van der Waals surface area (Å²) in [5.74, 6) is -0.178. The molecule has 2 aliphatic heterocycles. The van der Waals surface area contributed by atoms with Crippen LogP contribution in [0.5, 0.6) is 0 Å². The van der Waals surface area contributed by atoms with E-state index in [1.807, 2.05) is 0 Å². The standard InChI is InChI=1S/C22H32N4O4/c1-17(27)24-20-5-2-4-19(16-20)22(29)26-10-6-18(7-11-26)21(28)23-8-3-9-25-12-14-30-15-13-25/h2,4-5,16,18H,3,6-15H2,1H3,(H,23,28)(H,24,27). The quantitative estimate of drug-likeness (QED) is 0.655. The van der Waals surface area contributed by atoms with Crippen molar-refractivity contribution in [3.63, 3.8) is 0 Å². The highest BCUT2D eigenvalue weighted by molar-refractivity contribution is 5.97. The third-order valence-corrected chi connectivity index (χ3v) is 5.64. The summed E-state index contributed by atoms with van der Waals surface area (Å²) in [5.41, 5.74) is 1.16. The van der Waals surface area contributed by atoms with E-state index in [0.717, 1.165) is 39.3 Å². The second-order valence-electron chi connectivity index (χ2n) is 7.93. The number of morpholine rings is 1. The van der Waals surface area contributed by atoms with Crippen molar-refractivity contribution in [3.8, 4) is 0 Å². The van der Waals surface area contributed by atoms with E-state index in [4.69, 9.17) is 4.74 Å². The van der Waals surface area contributed by atoms with E-state index in [9.17, 15) is 14.4 Å². The highest BCUT2D eigenvalue weighted by atomic mass is 16.5. The van der Waals surface area contributed by atoms with Crippen LogP contribution in [0.25, 0.3) is 0 Å². The fourth-order valence-corrected chi connectivity index (χ4v) is 3.94. The monoisotopic (exact) mass is 416 g/mol. The van der Waals surface area contributed by atoms with Crippen molar-refractivity contribution in [2.45, 2.75) is 26.2 Å². The van der Waals surface area contributed by atoms with Gasteiger partial charge >= 0.3 is 0 Å². The largest absolute Gasteiger partial charge is 0.379 e. The fraction of sp³-hybridized carbons (Fsp3) is 0.591. The van der Waals surface area contributed by atoms with E-state index in [1.54, 1.807) is 29.2 Å². The molecule has 0 aliphatic carbocycles. The molecule has 3 amide bonds. The Morgan fingerprint density at radius 3 is 2.53 bits per heavy atom. The first kappa shape index (κ1) is 22.2. The van der Waals surface area contributed by atoms with Crippen LogP contribution in [0, 0.1) is 5.92 Å². The summed E-state index contributed by atoms with van der Waals surface area (Å²) in [5, 5.41) is 5.75. The Bertz CT molecular complexity index is 740. The molecule has 2 fully saturated rings. The summed E-state index contributed by atoms with van der Waals surface area (Å²) in [6, 6.07) is 6.96. The Balaban J connectivity index is 1.39. The molecule has 2 N–H and O–H groups in total. The molecule has 2 saturated heterocycles. The van der Waals surface area contributed by atoms with Crippen LogP contribution in [0.15, 0.2) is 24.3 Å². The molecule has 8 nitrogen and oxygen atoms in total. The van der Waals surface area contributed by atoms with Gasteiger partial charge in [0, 0.05) is 56.8 Å². The molecule has 3 rings (SSSR count). The number of amides is 3. The average molecular weight is 417 g/mol. The number of likely N-dealkylation sites (tertiary alicyclic amines) is 1. The Morgan fingerprint density at radius 1 is 1.10 bits per heavy atom. The van der Waals surface area contributed by atoms with Gasteiger partial charge < -0.3 is 20.3 Å². The number of benzene rings is 1. The van der Waals surface area contributed by atoms with E-state index in [0.29, 0.717) is 43.7 Å². The number of piperidine rings is 1. The molecular formula is C22H32N4O4. The summed E-state index contributed by atoms with van der Waals surface area (Å²) in [6.07, 6.45) is 2.28. The van der Waals surface area contributed by atoms with Gasteiger partial charge in [0.1, 0.15) is 0 Å². The van der Waals surface area contributed by atoms with Gasteiger partial charge in [-0.3, -0.25) is 19.3 Å². The van der Waals surface area contributed by atoms with Gasteiger partial charge in [-0.25, -0.2) is 0 Å². The first-order valence-electron chi connectivity index (χ1n) is 10.8. The van der Waals surface area contributed by atoms with Crippen molar-refractivity contribution in [1.29, 1.82) is 0 Å². The maximum absolute atomic E-state index is 12.8. The number of nitrogens with one attached hydrogen (secondary N) is 2. The number of hydrogen-bond acceptors (Lipinski definition) is 5. The molecule has 0 radical (unpaired) electrons. The van der Waals surface area contributed by atoms with Crippen molar-refractivity contribution in [1.82, 2.24) is 15.1 Å². The zero-order chi connectivity index (χ0) is 21.3. The van der Waals surface area contributed by atoms with Gasteiger partial charge in [-0.05, 0) is 44.0 Å². The maximum atomic E-state index is 12.8. The Labute approximate surface area is 177 Å². The summed E-state index contributed by atoms with van der Waals surface area (Å²) < 4.78 is 5.34. The predicted molar refractivity (Wildman–Crippen MR) is 114 cm³/mol. The predicted octanol–water partition coefficient (Wildman–Crippen LogP) is 1.34. The number of rotatable bonds is 7. The summed E-state index contributed by atoms with van der Waals surface area (Å²) in [4.78, 5) is 40.6. The molecule has 8 heteroatoms. The molecule has 0 unspecified atom stereocenters. The lowest BCUT2D eigenvalue weighted by Crippen LogP contribution is -2.43. The van der Waals surface area contributed by atoms with Crippen LogP contribution in [0.3, 0.4) is 0 Å². The second-order valence-corrected chi connectivity index (χ2v) is 7.93. The minimum absolute atomic E-state index is 0.0387. The van der Waals surface area contributed by atoms with Crippen molar-refractivity contribution in [2.24, 2.45) is 5.92 Å². The molecule has 0 aromatic heterocycles. The molecule has 1 aromatic carbocycles. The van der Waals surface area contributed by atoms with Crippen LogP contribution in [-0.2, 0) is 14.3 Å². The Morgan fingerprint density at radius 2 is 1.83 bits per heavy atom. The van der Waals surface area contributed by atoms with E-state index in [-0.39, 0.29) is 23.6 Å². The molecular weight excluding hydrogens is 384 g/mol. The first-order chi connectivity index (χ1) is 14.5. The summed E-state index contributed by atoms with van der Waals surface area (Å²) in [7, 11) is 0. The minimum atomic E-state index is -0.170. The molecule has 1 aromatic rings. The van der Waals surface area contributed by atoms with Crippen LogP contribution in [0.4, 0.5) is 5.69 Å². The molecule has 0 bridgehead atoms. The highest BCUT2D eigenvalue weighted by Crippen LogP contribution is 2.20. The summed E-state index contributed by atoms with van der Waals surface area (Å²) >= 11 is 0. The SMILES string of the molecule is CC(=O)Nc1cccc(C(=O)N2CCC(C(=O)NCCCN3CCOCC3)CC2)c1. The zero-order valence-corrected chi connectivity index (χ0v) is 17.7. The van der Waals surface area contributed by atoms with Crippen LogP contribution in [0.2, 0.25) is 0 Å². The smallest absolute Gasteiger partial charge is 0.253 e. The fourth-order valence-electron chi connectivity index (χ4n) is 3.94. The molecule has 2 aliphatic rings. The van der Waals surface area contributed by atoms with Crippen LogP contribution >= 0.6 is 0 Å². The maximum Gasteiger partial charge on any atom is 0.253 e. The highest BCUT2D eigenvalue weighted by Gasteiger charge is 2.27. The van der Waals surface area contributed by atoms with Crippen molar-refractivity contribution in [3.05, 3.63) is 29.8 Å². The van der Waals surface area contributed by atoms with Gasteiger partial charge in [-0.2, -0.15) is 0 Å². The minimum Gasteiger partial charge on any atom is -0.379 e. The van der Waals surface area contributed by atoms with Crippen molar-refractivity contribution in [2.75, 3.05) is 57.8 Å². The number of anilines is 1. The topological polar surface area (TPSA) is 91.0 Å². The normalized spacial score (nSPS) is 18.1. The third kappa shape index (κ3) is 6.53. The van der Waals surface area contributed by atoms with Gasteiger partial charge in [0.15, 0.2) is 0 Å². The van der Waals surface area contributed by atoms with Gasteiger partial charge in [0.05, 0.1) is 13.2 Å². The number of carbonyl (C=O) groups excluding carboxylic acids is 3. The molecule has 0 spiro atoms. The van der Waals surface area contributed by atoms with Crippen LogP contribution in [-0.4, -0.2) is 80.0 Å². The van der Waals surface area contributed by atoms with E-state index >= 15 is 0 Å². The van der Waals surface area contributed by atoms with Gasteiger partial charge in [0.25, 0.3) is 5.91 Å². The lowest BCUT2D eigenvalue weighted by molar-refractivity contribution is -0.126. The van der Waals surface area contributed by atoms with Crippen LogP contribution in [0.1, 0.15) is 36.5 Å². The molecule has 2 heterocycles. The Kier molecular flexibility index (Phi) is 8.21. The number of carbonyl (C=O) groups is 3. The zero-order valence-electron chi connectivity index (χ0n) is 17.7. The first-order valence-corrected chi connectivity index (χ1v) is 10.8. The van der Waals surface area contributed by atoms with E-state index < -0.39 is 0 Å². The average Bonchev–Trinajstić information content (AvgIpc) is 2.76. The molecule has 30 heavy (non-hydrogen) atoms. The molecule has 164 valence electrons. The van der Waals surface area contributed by atoms with Gasteiger partial charge in [-0.15, -0.1) is 0 Å². The van der Waals surface area contributed by atoms with E-state index in [2.05, 4.69) is 15.5 Å². The summed E-state index contributed by atoms with van der Waals surface area (Å²) in [6.45, 7) is 7.75. The van der Waals surface area contributed by atoms with Gasteiger partial charge in [-0.1, -0.05) is 6.07 Å². The molecule has 0 atom stereocenters. The van der Waals surface area contributed by atoms with Crippen molar-refractivity contribution >= 4 is 23.4 Å². The lowest BCUT2D eigenvalue weighted by atomic mass is 9.95. The van der Waals surface area contributed by atoms with E-state index in [1.165, 1.54) is 6.92 Å². The third-order valence-electron chi connectivity index (χ3n) is 5.64. The number of nitrogens with zero attached hydrogens (tertiary/aromatic N) is 2. The second kappa shape index (κ2) is 11.1. The van der Waals surface area contributed by atoms with Crippen LogP contribution < -0.4 is 10.6 Å². The Hall–Kier alpha value is -2.45. The molecule has 0 saturated carbocycles. The van der Waals surface area contributed by atoms with Crippen molar-refractivity contribution < 1.29 is 19.1 Å².